The molecular weight excluding hydrogens is 246 g/mol. The van der Waals surface area contributed by atoms with Crippen molar-refractivity contribution in [3.8, 4) is 0 Å². The summed E-state index contributed by atoms with van der Waals surface area (Å²) >= 11 is 0. The molecule has 0 aliphatic heterocycles. The third-order valence-electron chi connectivity index (χ3n) is 2.96. The van der Waals surface area contributed by atoms with Gasteiger partial charge in [-0.25, -0.2) is 4.68 Å². The van der Waals surface area contributed by atoms with E-state index in [0.717, 1.165) is 11.1 Å². The van der Waals surface area contributed by atoms with E-state index in [0.29, 0.717) is 18.1 Å². The first kappa shape index (κ1) is 13.0. The molecule has 0 fully saturated rings. The summed E-state index contributed by atoms with van der Waals surface area (Å²) in [4.78, 5) is 14.6. The molecule has 0 radical (unpaired) electrons. The molecular formula is C12H15N5O2. The van der Waals surface area contributed by atoms with Gasteiger partial charge in [0.25, 0.3) is 0 Å². The Bertz CT molecular complexity index is 621. The van der Waals surface area contributed by atoms with Gasteiger partial charge in [0.15, 0.2) is 0 Å². The van der Waals surface area contributed by atoms with Gasteiger partial charge in [-0.2, -0.15) is 5.10 Å². The van der Waals surface area contributed by atoms with Gasteiger partial charge in [0.2, 0.25) is 5.82 Å². The highest BCUT2D eigenvalue weighted by atomic mass is 16.6. The Labute approximate surface area is 110 Å². The van der Waals surface area contributed by atoms with Gasteiger partial charge < -0.3 is 5.32 Å². The Morgan fingerprint density at radius 1 is 1.47 bits per heavy atom. The van der Waals surface area contributed by atoms with Crippen LogP contribution in [0.5, 0.6) is 0 Å². The maximum Gasteiger partial charge on any atom is 0.333 e. The van der Waals surface area contributed by atoms with Crippen molar-refractivity contribution in [3.05, 3.63) is 45.4 Å². The van der Waals surface area contributed by atoms with Crippen LogP contribution in [0.25, 0.3) is 0 Å². The van der Waals surface area contributed by atoms with Crippen LogP contribution in [-0.4, -0.2) is 19.7 Å². The monoisotopic (exact) mass is 261 g/mol. The number of rotatable bonds is 4. The highest BCUT2D eigenvalue weighted by molar-refractivity contribution is 5.59. The Balaban J connectivity index is 2.25. The van der Waals surface area contributed by atoms with Crippen LogP contribution in [0.15, 0.2) is 18.5 Å². The molecule has 2 rings (SSSR count). The predicted molar refractivity (Wildman–Crippen MR) is 70.9 cm³/mol. The molecule has 2 aromatic rings. The van der Waals surface area contributed by atoms with E-state index >= 15 is 0 Å². The maximum absolute atomic E-state index is 11.0. The van der Waals surface area contributed by atoms with E-state index < -0.39 is 4.92 Å². The second kappa shape index (κ2) is 5.05. The van der Waals surface area contributed by atoms with Crippen molar-refractivity contribution >= 4 is 11.5 Å². The highest BCUT2D eigenvalue weighted by Crippen LogP contribution is 2.27. The molecule has 7 nitrogen and oxygen atoms in total. The Morgan fingerprint density at radius 3 is 2.84 bits per heavy atom. The fraction of sp³-hybridized carbons (Fsp3) is 0.333. The summed E-state index contributed by atoms with van der Waals surface area (Å²) in [6.45, 7) is 4.07. The second-order valence-corrected chi connectivity index (χ2v) is 4.32. The molecule has 1 N–H and O–H groups in total. The molecule has 0 amide bonds. The van der Waals surface area contributed by atoms with Gasteiger partial charge in [-0.15, -0.1) is 0 Å². The maximum atomic E-state index is 11.0. The lowest BCUT2D eigenvalue weighted by atomic mass is 10.1. The van der Waals surface area contributed by atoms with Crippen LogP contribution in [0.1, 0.15) is 16.8 Å². The average molecular weight is 261 g/mol. The van der Waals surface area contributed by atoms with E-state index in [1.54, 1.807) is 26.4 Å². The zero-order valence-corrected chi connectivity index (χ0v) is 11.0. The minimum atomic E-state index is -0.413. The average Bonchev–Trinajstić information content (AvgIpc) is 2.63. The van der Waals surface area contributed by atoms with Crippen LogP contribution < -0.4 is 5.32 Å². The first-order chi connectivity index (χ1) is 9.00. The fourth-order valence-electron chi connectivity index (χ4n) is 1.94. The molecule has 100 valence electrons. The van der Waals surface area contributed by atoms with Crippen molar-refractivity contribution < 1.29 is 4.92 Å². The van der Waals surface area contributed by atoms with Gasteiger partial charge >= 0.3 is 5.69 Å². The van der Waals surface area contributed by atoms with Crippen molar-refractivity contribution in [3.63, 3.8) is 0 Å². The van der Waals surface area contributed by atoms with Gasteiger partial charge in [-0.3, -0.25) is 15.1 Å². The molecule has 2 aromatic heterocycles. The number of pyridine rings is 1. The third-order valence-corrected chi connectivity index (χ3v) is 2.96. The molecule has 0 unspecified atom stereocenters. The molecule has 0 bridgehead atoms. The molecule has 7 heteroatoms. The minimum Gasteiger partial charge on any atom is -0.360 e. The first-order valence-corrected chi connectivity index (χ1v) is 5.82. The Hall–Kier alpha value is -2.44. The zero-order chi connectivity index (χ0) is 14.0. The Kier molecular flexibility index (Phi) is 3.46. The number of anilines is 1. The normalized spacial score (nSPS) is 10.5. The van der Waals surface area contributed by atoms with Crippen molar-refractivity contribution in [1.29, 1.82) is 0 Å². The van der Waals surface area contributed by atoms with Gasteiger partial charge in [0, 0.05) is 26.0 Å². The lowest BCUT2D eigenvalue weighted by molar-refractivity contribution is -0.384. The Morgan fingerprint density at radius 2 is 2.21 bits per heavy atom. The molecule has 0 aliphatic carbocycles. The fourth-order valence-corrected chi connectivity index (χ4v) is 1.94. The topological polar surface area (TPSA) is 85.9 Å². The number of nitro groups is 1. The zero-order valence-electron chi connectivity index (χ0n) is 11.0. The largest absolute Gasteiger partial charge is 0.360 e. The summed E-state index contributed by atoms with van der Waals surface area (Å²) in [6.07, 6.45) is 3.47. The summed E-state index contributed by atoms with van der Waals surface area (Å²) in [5, 5.41) is 18.2. The number of aromatic nitrogens is 3. The van der Waals surface area contributed by atoms with E-state index in [2.05, 4.69) is 15.4 Å². The van der Waals surface area contributed by atoms with Crippen molar-refractivity contribution in [2.45, 2.75) is 20.4 Å². The van der Waals surface area contributed by atoms with Crippen LogP contribution in [0, 0.1) is 24.0 Å². The van der Waals surface area contributed by atoms with Crippen LogP contribution in [0.2, 0.25) is 0 Å². The molecule has 0 aliphatic rings. The van der Waals surface area contributed by atoms with E-state index in [-0.39, 0.29) is 5.69 Å². The van der Waals surface area contributed by atoms with Crippen LogP contribution in [0.4, 0.5) is 11.5 Å². The van der Waals surface area contributed by atoms with Crippen molar-refractivity contribution in [2.75, 3.05) is 5.32 Å². The molecule has 0 saturated heterocycles. The SMILES string of the molecule is Cc1cnccc1CNc1c([N+](=O)[O-])c(C)nn1C. The van der Waals surface area contributed by atoms with Crippen LogP contribution >= 0.6 is 0 Å². The summed E-state index contributed by atoms with van der Waals surface area (Å²) in [7, 11) is 1.68. The molecule has 2 heterocycles. The summed E-state index contributed by atoms with van der Waals surface area (Å²) in [5.74, 6) is 0.415. The number of nitrogens with zero attached hydrogens (tertiary/aromatic N) is 4. The van der Waals surface area contributed by atoms with Crippen molar-refractivity contribution in [1.82, 2.24) is 14.8 Å². The van der Waals surface area contributed by atoms with E-state index in [4.69, 9.17) is 0 Å². The molecule has 0 spiro atoms. The smallest absolute Gasteiger partial charge is 0.333 e. The quantitative estimate of drug-likeness (QED) is 0.671. The molecule has 0 saturated carbocycles. The summed E-state index contributed by atoms with van der Waals surface area (Å²) in [5.41, 5.74) is 2.51. The number of nitrogens with one attached hydrogen (secondary N) is 1. The van der Waals surface area contributed by atoms with E-state index in [1.807, 2.05) is 13.0 Å². The predicted octanol–water partition coefficient (Wildman–Crippen LogP) is 1.95. The van der Waals surface area contributed by atoms with E-state index in [9.17, 15) is 10.1 Å². The number of hydrogen-bond donors (Lipinski definition) is 1. The van der Waals surface area contributed by atoms with Crippen LogP contribution in [-0.2, 0) is 13.6 Å². The molecule has 19 heavy (non-hydrogen) atoms. The van der Waals surface area contributed by atoms with Gasteiger partial charge in [0.05, 0.1) is 4.92 Å². The standard InChI is InChI=1S/C12H15N5O2/c1-8-6-13-5-4-10(8)7-14-12-11(17(18)19)9(2)15-16(12)3/h4-6,14H,7H2,1-3H3. The van der Waals surface area contributed by atoms with Crippen LogP contribution in [0.3, 0.4) is 0 Å². The summed E-state index contributed by atoms with van der Waals surface area (Å²) in [6, 6.07) is 1.89. The van der Waals surface area contributed by atoms with E-state index in [1.165, 1.54) is 4.68 Å². The first-order valence-electron chi connectivity index (χ1n) is 5.82. The number of aryl methyl sites for hydroxylation is 3. The second-order valence-electron chi connectivity index (χ2n) is 4.32. The van der Waals surface area contributed by atoms with Gasteiger partial charge in [-0.1, -0.05) is 0 Å². The molecule has 0 atom stereocenters. The lowest BCUT2D eigenvalue weighted by Gasteiger charge is -2.08. The minimum absolute atomic E-state index is 0.0224. The highest BCUT2D eigenvalue weighted by Gasteiger charge is 2.23. The molecule has 0 aromatic carbocycles. The summed E-state index contributed by atoms with van der Waals surface area (Å²) < 4.78 is 1.49. The third kappa shape index (κ3) is 2.54. The van der Waals surface area contributed by atoms with Gasteiger partial charge in [-0.05, 0) is 31.0 Å². The van der Waals surface area contributed by atoms with Gasteiger partial charge in [0.1, 0.15) is 5.69 Å². The lowest BCUT2D eigenvalue weighted by Crippen LogP contribution is -2.07. The number of hydrogen-bond acceptors (Lipinski definition) is 5. The van der Waals surface area contributed by atoms with Crippen molar-refractivity contribution in [2.24, 2.45) is 7.05 Å².